The number of piperidine rings is 1. The van der Waals surface area contributed by atoms with E-state index >= 15 is 0 Å². The van der Waals surface area contributed by atoms with Gasteiger partial charge in [0.1, 0.15) is 12.1 Å². The minimum atomic E-state index is -0.338. The highest BCUT2D eigenvalue weighted by atomic mass is 16.6. The topological polar surface area (TPSA) is 77.3 Å². The number of likely N-dealkylation sites (tertiary alicyclic amines) is 1. The van der Waals surface area contributed by atoms with Gasteiger partial charge in [-0.1, -0.05) is 30.3 Å². The van der Waals surface area contributed by atoms with Crippen molar-refractivity contribution < 1.29 is 14.3 Å². The van der Waals surface area contributed by atoms with Gasteiger partial charge in [0.2, 0.25) is 0 Å². The second-order valence-electron chi connectivity index (χ2n) is 6.99. The predicted molar refractivity (Wildman–Crippen MR) is 104 cm³/mol. The summed E-state index contributed by atoms with van der Waals surface area (Å²) in [6.07, 6.45) is 3.04. The van der Waals surface area contributed by atoms with E-state index in [0.29, 0.717) is 30.1 Å². The molecule has 0 saturated carbocycles. The molecule has 1 fully saturated rings. The zero-order valence-electron chi connectivity index (χ0n) is 15.7. The van der Waals surface area contributed by atoms with E-state index in [1.54, 1.807) is 17.2 Å². The molecule has 0 spiro atoms. The van der Waals surface area contributed by atoms with Gasteiger partial charge < -0.3 is 14.2 Å². The molecule has 2 aromatic heterocycles. The molecule has 0 N–H and O–H groups in total. The molecule has 1 atom stereocenters. The fourth-order valence-electron chi connectivity index (χ4n) is 3.67. The number of hydrogen-bond acceptors (Lipinski definition) is 5. The van der Waals surface area contributed by atoms with Gasteiger partial charge in [0.05, 0.1) is 6.04 Å². The Morgan fingerprint density at radius 3 is 2.79 bits per heavy atom. The second kappa shape index (κ2) is 7.80. The average Bonchev–Trinajstić information content (AvgIpc) is 3.13. The molecule has 0 radical (unpaired) electrons. The van der Waals surface area contributed by atoms with E-state index in [2.05, 4.69) is 9.97 Å². The first kappa shape index (κ1) is 18.2. The van der Waals surface area contributed by atoms with Crippen molar-refractivity contribution in [2.45, 2.75) is 32.4 Å². The normalized spacial score (nSPS) is 16.9. The molecule has 1 saturated heterocycles. The van der Waals surface area contributed by atoms with Crippen molar-refractivity contribution in [3.8, 4) is 0 Å². The summed E-state index contributed by atoms with van der Waals surface area (Å²) in [7, 11) is 0. The summed E-state index contributed by atoms with van der Waals surface area (Å²) in [5, 5.41) is 0. The van der Waals surface area contributed by atoms with Gasteiger partial charge in [-0.25, -0.2) is 14.8 Å². The van der Waals surface area contributed by atoms with Crippen LogP contribution in [0.3, 0.4) is 0 Å². The minimum absolute atomic E-state index is 0.0585. The van der Waals surface area contributed by atoms with Crippen molar-refractivity contribution in [3.05, 3.63) is 60.0 Å². The number of benzene rings is 1. The first-order chi connectivity index (χ1) is 13.6. The van der Waals surface area contributed by atoms with Gasteiger partial charge in [-0.2, -0.15) is 0 Å². The monoisotopic (exact) mass is 378 g/mol. The number of ketones is 1. The maximum atomic E-state index is 12.6. The van der Waals surface area contributed by atoms with Gasteiger partial charge in [-0.15, -0.1) is 0 Å². The Labute approximate surface area is 163 Å². The van der Waals surface area contributed by atoms with Crippen molar-refractivity contribution in [3.63, 3.8) is 0 Å². The van der Waals surface area contributed by atoms with Crippen LogP contribution in [0.2, 0.25) is 0 Å². The molecule has 7 heteroatoms. The summed E-state index contributed by atoms with van der Waals surface area (Å²) in [6, 6.07) is 13.2. The van der Waals surface area contributed by atoms with Gasteiger partial charge >= 0.3 is 6.09 Å². The molecule has 1 aromatic carbocycles. The van der Waals surface area contributed by atoms with Crippen molar-refractivity contribution in [2.75, 3.05) is 13.1 Å². The van der Waals surface area contributed by atoms with Crippen LogP contribution in [-0.2, 0) is 11.3 Å². The summed E-state index contributed by atoms with van der Waals surface area (Å²) >= 11 is 0. The summed E-state index contributed by atoms with van der Waals surface area (Å²) in [5.74, 6) is 0.278. The SMILES string of the molecule is CC(=O)c1nc2cccnc2n1C1CCCN(C(=O)OCc2ccccc2)C1. The summed E-state index contributed by atoms with van der Waals surface area (Å²) in [4.78, 5) is 35.3. The third-order valence-corrected chi connectivity index (χ3v) is 4.99. The average molecular weight is 378 g/mol. The Balaban J connectivity index is 1.52. The van der Waals surface area contributed by atoms with E-state index in [0.717, 1.165) is 18.4 Å². The smallest absolute Gasteiger partial charge is 0.410 e. The van der Waals surface area contributed by atoms with E-state index in [4.69, 9.17) is 4.74 Å². The Kier molecular flexibility index (Phi) is 5.06. The predicted octanol–water partition coefficient (Wildman–Crippen LogP) is 3.61. The van der Waals surface area contributed by atoms with Gasteiger partial charge in [-0.05, 0) is 30.5 Å². The third kappa shape index (κ3) is 3.60. The number of ether oxygens (including phenoxy) is 1. The first-order valence-electron chi connectivity index (χ1n) is 9.43. The van der Waals surface area contributed by atoms with Crippen molar-refractivity contribution in [1.82, 2.24) is 19.4 Å². The molecular formula is C21H22N4O3. The van der Waals surface area contributed by atoms with Crippen molar-refractivity contribution in [1.29, 1.82) is 0 Å². The quantitative estimate of drug-likeness (QED) is 0.648. The maximum Gasteiger partial charge on any atom is 0.410 e. The van der Waals surface area contributed by atoms with Crippen LogP contribution in [0.5, 0.6) is 0 Å². The van der Waals surface area contributed by atoms with Crippen LogP contribution in [0, 0.1) is 0 Å². The standard InChI is InChI=1S/C21H22N4O3/c1-15(26)19-23-18-10-5-11-22-20(18)25(19)17-9-6-12-24(13-17)21(27)28-14-16-7-3-2-4-8-16/h2-5,7-8,10-11,17H,6,9,12-14H2,1H3. The van der Waals surface area contributed by atoms with Crippen LogP contribution in [0.15, 0.2) is 48.7 Å². The van der Waals surface area contributed by atoms with E-state index < -0.39 is 0 Å². The number of pyridine rings is 1. The Morgan fingerprint density at radius 1 is 1.18 bits per heavy atom. The number of Topliss-reactive ketones (excluding diaryl/α,β-unsaturated/α-hetero) is 1. The largest absolute Gasteiger partial charge is 0.445 e. The molecule has 4 rings (SSSR count). The molecule has 1 unspecified atom stereocenters. The van der Waals surface area contributed by atoms with Gasteiger partial charge in [0, 0.05) is 26.2 Å². The number of fused-ring (bicyclic) bond motifs is 1. The molecule has 3 aromatic rings. The minimum Gasteiger partial charge on any atom is -0.445 e. The van der Waals surface area contributed by atoms with Crippen LogP contribution in [0.1, 0.15) is 42.0 Å². The first-order valence-corrected chi connectivity index (χ1v) is 9.43. The van der Waals surface area contributed by atoms with Gasteiger partial charge in [0.25, 0.3) is 0 Å². The lowest BCUT2D eigenvalue weighted by atomic mass is 10.1. The molecule has 1 amide bonds. The zero-order chi connectivity index (χ0) is 19.5. The Hall–Kier alpha value is -3.22. The van der Waals surface area contributed by atoms with Crippen LogP contribution in [0.4, 0.5) is 4.79 Å². The number of carbonyl (C=O) groups excluding carboxylic acids is 2. The van der Waals surface area contributed by atoms with Crippen LogP contribution >= 0.6 is 0 Å². The van der Waals surface area contributed by atoms with Crippen molar-refractivity contribution >= 4 is 23.0 Å². The lowest BCUT2D eigenvalue weighted by Crippen LogP contribution is -2.41. The summed E-state index contributed by atoms with van der Waals surface area (Å²) in [6.45, 7) is 2.86. The van der Waals surface area contributed by atoms with Gasteiger partial charge in [0.15, 0.2) is 17.3 Å². The molecule has 1 aliphatic heterocycles. The summed E-state index contributed by atoms with van der Waals surface area (Å²) in [5.41, 5.74) is 2.32. The lowest BCUT2D eigenvalue weighted by Gasteiger charge is -2.33. The molecule has 7 nitrogen and oxygen atoms in total. The Morgan fingerprint density at radius 2 is 2.00 bits per heavy atom. The van der Waals surface area contributed by atoms with Crippen molar-refractivity contribution in [2.24, 2.45) is 0 Å². The van der Waals surface area contributed by atoms with E-state index in [1.165, 1.54) is 6.92 Å². The highest BCUT2D eigenvalue weighted by Crippen LogP contribution is 2.27. The highest BCUT2D eigenvalue weighted by molar-refractivity contribution is 5.94. The zero-order valence-corrected chi connectivity index (χ0v) is 15.7. The van der Waals surface area contributed by atoms with Crippen LogP contribution in [0.25, 0.3) is 11.2 Å². The maximum absolute atomic E-state index is 12.6. The van der Waals surface area contributed by atoms with Crippen LogP contribution in [-0.4, -0.2) is 44.4 Å². The van der Waals surface area contributed by atoms with E-state index in [-0.39, 0.29) is 24.5 Å². The molecule has 0 aliphatic carbocycles. The number of carbonyl (C=O) groups is 2. The molecule has 3 heterocycles. The second-order valence-corrected chi connectivity index (χ2v) is 6.99. The van der Waals surface area contributed by atoms with Crippen LogP contribution < -0.4 is 0 Å². The fourth-order valence-corrected chi connectivity index (χ4v) is 3.67. The number of hydrogen-bond donors (Lipinski definition) is 0. The molecule has 28 heavy (non-hydrogen) atoms. The molecule has 144 valence electrons. The molecule has 0 bridgehead atoms. The number of imidazole rings is 1. The molecule has 1 aliphatic rings. The van der Waals surface area contributed by atoms with E-state index in [9.17, 15) is 9.59 Å². The Bertz CT molecular complexity index is 999. The lowest BCUT2D eigenvalue weighted by molar-refractivity contribution is 0.0799. The van der Waals surface area contributed by atoms with Gasteiger partial charge in [-0.3, -0.25) is 4.79 Å². The number of aromatic nitrogens is 3. The third-order valence-electron chi connectivity index (χ3n) is 4.99. The fraction of sp³-hybridized carbons (Fsp3) is 0.333. The number of rotatable bonds is 4. The number of amides is 1. The molecular weight excluding hydrogens is 356 g/mol. The highest BCUT2D eigenvalue weighted by Gasteiger charge is 2.29. The number of nitrogens with zero attached hydrogens (tertiary/aromatic N) is 4. The summed E-state index contributed by atoms with van der Waals surface area (Å²) < 4.78 is 7.36. The van der Waals surface area contributed by atoms with E-state index in [1.807, 2.05) is 41.0 Å².